The number of unbranched alkanes of at least 4 members (excludes halogenated alkanes) is 3. The summed E-state index contributed by atoms with van der Waals surface area (Å²) in [6, 6.07) is 0. The maximum absolute atomic E-state index is 11.1. The van der Waals surface area contributed by atoms with Crippen LogP contribution < -0.4 is 0 Å². The van der Waals surface area contributed by atoms with Crippen LogP contribution in [0.25, 0.3) is 0 Å². The number of carbonyl (C=O) groups is 1. The predicted molar refractivity (Wildman–Crippen MR) is 72.9 cm³/mol. The van der Waals surface area contributed by atoms with E-state index in [9.17, 15) is 4.79 Å². The molecule has 2 nitrogen and oxygen atoms in total. The topological polar surface area (TPSA) is 26.3 Å². The highest BCUT2D eigenvalue weighted by atomic mass is 16.5. The second kappa shape index (κ2) is 10.4. The minimum Gasteiger partial charge on any atom is -0.462 e. The Labute approximate surface area is 106 Å². The van der Waals surface area contributed by atoms with E-state index in [0.717, 1.165) is 18.8 Å². The highest BCUT2D eigenvalue weighted by molar-refractivity contribution is 5.86. The first-order valence-corrected chi connectivity index (χ1v) is 6.90. The van der Waals surface area contributed by atoms with Crippen LogP contribution in [0, 0.1) is 5.92 Å². The first-order valence-electron chi connectivity index (χ1n) is 6.90. The predicted octanol–water partition coefficient (Wildman–Crippen LogP) is 4.49. The second-order valence-corrected chi connectivity index (χ2v) is 5.01. The zero-order valence-corrected chi connectivity index (χ0v) is 11.8. The Bertz CT molecular complexity index is 221. The van der Waals surface area contributed by atoms with Gasteiger partial charge in [0.25, 0.3) is 0 Å². The summed E-state index contributed by atoms with van der Waals surface area (Å²) in [5.41, 5.74) is 0.484. The summed E-state index contributed by atoms with van der Waals surface area (Å²) in [6.45, 7) is 10.3. The monoisotopic (exact) mass is 240 g/mol. The van der Waals surface area contributed by atoms with Crippen molar-refractivity contribution in [2.45, 2.75) is 65.7 Å². The highest BCUT2D eigenvalue weighted by Crippen LogP contribution is 2.15. The van der Waals surface area contributed by atoms with Gasteiger partial charge in [0, 0.05) is 5.57 Å². The lowest BCUT2D eigenvalue weighted by Crippen LogP contribution is -2.06. The molecule has 0 radical (unpaired) electrons. The van der Waals surface area contributed by atoms with E-state index >= 15 is 0 Å². The molecule has 0 N–H and O–H groups in total. The summed E-state index contributed by atoms with van der Waals surface area (Å²) < 4.78 is 5.04. The van der Waals surface area contributed by atoms with Crippen molar-refractivity contribution in [3.8, 4) is 0 Å². The van der Waals surface area contributed by atoms with Crippen LogP contribution in [0.4, 0.5) is 0 Å². The van der Waals surface area contributed by atoms with Crippen LogP contribution in [0.5, 0.6) is 0 Å². The third-order valence-electron chi connectivity index (χ3n) is 2.97. The summed E-state index contributed by atoms with van der Waals surface area (Å²) >= 11 is 0. The lowest BCUT2D eigenvalue weighted by molar-refractivity contribution is -0.139. The molecule has 0 aromatic heterocycles. The Kier molecular flexibility index (Phi) is 9.89. The van der Waals surface area contributed by atoms with Gasteiger partial charge >= 0.3 is 5.97 Å². The Morgan fingerprint density at radius 3 is 2.41 bits per heavy atom. The molecule has 0 aliphatic carbocycles. The normalized spacial score (nSPS) is 12.2. The lowest BCUT2D eigenvalue weighted by atomic mass is 9.98. The number of carbonyl (C=O) groups excluding carboxylic acids is 1. The van der Waals surface area contributed by atoms with Crippen molar-refractivity contribution in [1.82, 2.24) is 0 Å². The molecular weight excluding hydrogens is 212 g/mol. The van der Waals surface area contributed by atoms with Crippen molar-refractivity contribution in [3.05, 3.63) is 12.2 Å². The first-order chi connectivity index (χ1) is 8.07. The van der Waals surface area contributed by atoms with Crippen LogP contribution in [0.3, 0.4) is 0 Å². The average molecular weight is 240 g/mol. The molecule has 0 amide bonds. The number of rotatable bonds is 10. The van der Waals surface area contributed by atoms with E-state index in [1.54, 1.807) is 6.92 Å². The number of hydrogen-bond acceptors (Lipinski definition) is 2. The van der Waals surface area contributed by atoms with Gasteiger partial charge in [-0.15, -0.1) is 0 Å². The van der Waals surface area contributed by atoms with E-state index in [1.807, 2.05) is 0 Å². The van der Waals surface area contributed by atoms with Crippen molar-refractivity contribution in [1.29, 1.82) is 0 Å². The zero-order valence-electron chi connectivity index (χ0n) is 11.8. The van der Waals surface area contributed by atoms with Crippen molar-refractivity contribution >= 4 is 5.97 Å². The van der Waals surface area contributed by atoms with Crippen molar-refractivity contribution in [3.63, 3.8) is 0 Å². The molecule has 0 heterocycles. The molecule has 0 aromatic carbocycles. The maximum Gasteiger partial charge on any atom is 0.333 e. The molecule has 0 saturated carbocycles. The van der Waals surface area contributed by atoms with Gasteiger partial charge in [0.15, 0.2) is 0 Å². The van der Waals surface area contributed by atoms with E-state index in [4.69, 9.17) is 4.74 Å². The Morgan fingerprint density at radius 2 is 1.82 bits per heavy atom. The first kappa shape index (κ1) is 16.2. The molecule has 0 saturated heterocycles. The quantitative estimate of drug-likeness (QED) is 0.319. The third kappa shape index (κ3) is 10.1. The van der Waals surface area contributed by atoms with Gasteiger partial charge in [0.1, 0.15) is 0 Å². The Balaban J connectivity index is 3.29. The fourth-order valence-electron chi connectivity index (χ4n) is 1.76. The maximum atomic E-state index is 11.1. The van der Waals surface area contributed by atoms with Gasteiger partial charge < -0.3 is 4.74 Å². The molecule has 1 unspecified atom stereocenters. The van der Waals surface area contributed by atoms with E-state index in [-0.39, 0.29) is 5.97 Å². The van der Waals surface area contributed by atoms with Gasteiger partial charge in [-0.1, -0.05) is 59.0 Å². The molecule has 2 heteroatoms. The van der Waals surface area contributed by atoms with E-state index in [0.29, 0.717) is 12.2 Å². The minimum absolute atomic E-state index is 0.263. The van der Waals surface area contributed by atoms with Gasteiger partial charge in [0.2, 0.25) is 0 Å². The smallest absolute Gasteiger partial charge is 0.333 e. The van der Waals surface area contributed by atoms with Gasteiger partial charge in [-0.2, -0.15) is 0 Å². The molecule has 0 rings (SSSR count). The number of hydrogen-bond donors (Lipinski definition) is 0. The molecule has 100 valence electrons. The van der Waals surface area contributed by atoms with Crippen molar-refractivity contribution < 1.29 is 9.53 Å². The molecule has 17 heavy (non-hydrogen) atoms. The Hall–Kier alpha value is -0.790. The van der Waals surface area contributed by atoms with Crippen LogP contribution in [-0.2, 0) is 9.53 Å². The zero-order chi connectivity index (χ0) is 13.1. The lowest BCUT2D eigenvalue weighted by Gasteiger charge is -2.10. The van der Waals surface area contributed by atoms with Crippen molar-refractivity contribution in [2.75, 3.05) is 6.61 Å². The van der Waals surface area contributed by atoms with Gasteiger partial charge in [-0.05, 0) is 19.3 Å². The third-order valence-corrected chi connectivity index (χ3v) is 2.97. The fraction of sp³-hybridized carbons (Fsp3) is 0.800. The summed E-state index contributed by atoms with van der Waals surface area (Å²) in [5, 5.41) is 0. The van der Waals surface area contributed by atoms with Crippen LogP contribution in [0.15, 0.2) is 12.2 Å². The van der Waals surface area contributed by atoms with Crippen LogP contribution in [0.1, 0.15) is 65.7 Å². The minimum atomic E-state index is -0.263. The van der Waals surface area contributed by atoms with Crippen LogP contribution in [0.2, 0.25) is 0 Å². The van der Waals surface area contributed by atoms with Gasteiger partial charge in [0.05, 0.1) is 6.61 Å². The Morgan fingerprint density at radius 1 is 1.18 bits per heavy atom. The standard InChI is InChI=1S/C15H28O2/c1-5-6-10-14(4)11-8-7-9-12-17-15(16)13(2)3/h14H,2,5-12H2,1,3-4H3. The molecule has 0 fully saturated rings. The molecule has 1 atom stereocenters. The van der Waals surface area contributed by atoms with Crippen molar-refractivity contribution in [2.24, 2.45) is 5.92 Å². The number of esters is 1. The SMILES string of the molecule is C=C(C)C(=O)OCCCCCC(C)CCCC. The molecule has 0 spiro atoms. The summed E-state index contributed by atoms with van der Waals surface area (Å²) in [4.78, 5) is 11.1. The van der Waals surface area contributed by atoms with Gasteiger partial charge in [-0.25, -0.2) is 4.79 Å². The van der Waals surface area contributed by atoms with E-state index < -0.39 is 0 Å². The summed E-state index contributed by atoms with van der Waals surface area (Å²) in [5.74, 6) is 0.578. The number of ether oxygens (including phenoxy) is 1. The molecule has 0 aliphatic heterocycles. The molecule has 0 bridgehead atoms. The molecular formula is C15H28O2. The molecule has 0 aromatic rings. The van der Waals surface area contributed by atoms with E-state index in [1.165, 1.54) is 32.1 Å². The van der Waals surface area contributed by atoms with Gasteiger partial charge in [-0.3, -0.25) is 0 Å². The highest BCUT2D eigenvalue weighted by Gasteiger charge is 2.03. The molecule has 0 aliphatic rings. The average Bonchev–Trinajstić information content (AvgIpc) is 2.30. The largest absolute Gasteiger partial charge is 0.462 e. The van der Waals surface area contributed by atoms with E-state index in [2.05, 4.69) is 20.4 Å². The summed E-state index contributed by atoms with van der Waals surface area (Å²) in [6.07, 6.45) is 8.66. The van der Waals surface area contributed by atoms with Crippen LogP contribution >= 0.6 is 0 Å². The van der Waals surface area contributed by atoms with Crippen LogP contribution in [-0.4, -0.2) is 12.6 Å². The second-order valence-electron chi connectivity index (χ2n) is 5.01. The summed E-state index contributed by atoms with van der Waals surface area (Å²) in [7, 11) is 0. The fourth-order valence-corrected chi connectivity index (χ4v) is 1.76.